The number of amides is 2. The van der Waals surface area contributed by atoms with Gasteiger partial charge in [-0.1, -0.05) is 19.9 Å². The van der Waals surface area contributed by atoms with Gasteiger partial charge in [0.1, 0.15) is 18.8 Å². The van der Waals surface area contributed by atoms with Crippen LogP contribution in [-0.4, -0.2) is 96.4 Å². The minimum absolute atomic E-state index is 0.0000220. The highest BCUT2D eigenvalue weighted by Gasteiger charge is 2.32. The van der Waals surface area contributed by atoms with E-state index in [1.54, 1.807) is 42.4 Å². The van der Waals surface area contributed by atoms with E-state index in [2.05, 4.69) is 29.0 Å². The van der Waals surface area contributed by atoms with Crippen LogP contribution in [0.2, 0.25) is 0 Å². The second-order valence-corrected chi connectivity index (χ2v) is 10.2. The predicted octanol–water partition coefficient (Wildman–Crippen LogP) is 2.22. The summed E-state index contributed by atoms with van der Waals surface area (Å²) in [5.41, 5.74) is 1.91. The predicted molar refractivity (Wildman–Crippen MR) is 154 cm³/mol. The van der Waals surface area contributed by atoms with Crippen LogP contribution in [0.4, 0.5) is 5.82 Å². The molecule has 3 heterocycles. The monoisotopic (exact) mass is 565 g/mol. The maximum atomic E-state index is 13.2. The van der Waals surface area contributed by atoms with E-state index < -0.39 is 0 Å². The van der Waals surface area contributed by atoms with Crippen molar-refractivity contribution >= 4 is 17.6 Å². The lowest BCUT2D eigenvalue weighted by Crippen LogP contribution is -2.57. The molecule has 1 atom stereocenters. The van der Waals surface area contributed by atoms with Gasteiger partial charge in [-0.05, 0) is 30.0 Å². The second-order valence-electron chi connectivity index (χ2n) is 10.2. The van der Waals surface area contributed by atoms with Gasteiger partial charge in [-0.3, -0.25) is 14.2 Å². The number of piperazine rings is 1. The molecule has 12 nitrogen and oxygen atoms in total. The number of anilines is 1. The summed E-state index contributed by atoms with van der Waals surface area (Å²) in [7, 11) is 4.70. The third-order valence-corrected chi connectivity index (χ3v) is 7.05. The van der Waals surface area contributed by atoms with Crippen molar-refractivity contribution in [1.29, 1.82) is 0 Å². The Bertz CT molecular complexity index is 1310. The average molecular weight is 566 g/mol. The van der Waals surface area contributed by atoms with E-state index in [1.807, 2.05) is 24.3 Å². The maximum absolute atomic E-state index is 13.2. The Kier molecular flexibility index (Phi) is 10.1. The number of carbonyl (C=O) groups is 2. The zero-order valence-corrected chi connectivity index (χ0v) is 24.4. The Morgan fingerprint density at radius 3 is 2.56 bits per heavy atom. The molecule has 0 aliphatic carbocycles. The Balaban J connectivity index is 1.51. The first-order valence-corrected chi connectivity index (χ1v) is 13.7. The van der Waals surface area contributed by atoms with Crippen molar-refractivity contribution in [3.8, 4) is 17.4 Å². The van der Waals surface area contributed by atoms with E-state index in [0.29, 0.717) is 50.0 Å². The molecule has 41 heavy (non-hydrogen) atoms. The zero-order valence-electron chi connectivity index (χ0n) is 24.4. The van der Waals surface area contributed by atoms with Gasteiger partial charge in [0, 0.05) is 58.2 Å². The first kappa shape index (κ1) is 29.8. The van der Waals surface area contributed by atoms with Gasteiger partial charge in [0.05, 0.1) is 26.0 Å². The fourth-order valence-corrected chi connectivity index (χ4v) is 4.82. The molecule has 1 aliphatic rings. The summed E-state index contributed by atoms with van der Waals surface area (Å²) in [4.78, 5) is 43.4. The quantitative estimate of drug-likeness (QED) is 0.352. The molecule has 3 aromatic rings. The van der Waals surface area contributed by atoms with E-state index in [0.717, 1.165) is 17.1 Å². The number of ether oxygens (including phenoxy) is 3. The maximum Gasteiger partial charge on any atom is 0.248 e. The molecule has 0 spiro atoms. The van der Waals surface area contributed by atoms with Crippen LogP contribution in [0.5, 0.6) is 11.5 Å². The number of benzene rings is 1. The smallest absolute Gasteiger partial charge is 0.248 e. The fourth-order valence-electron chi connectivity index (χ4n) is 4.82. The van der Waals surface area contributed by atoms with Crippen molar-refractivity contribution in [2.24, 2.45) is 0 Å². The van der Waals surface area contributed by atoms with Crippen LogP contribution in [0.25, 0.3) is 5.95 Å². The summed E-state index contributed by atoms with van der Waals surface area (Å²) in [6, 6.07) is 7.41. The van der Waals surface area contributed by atoms with Crippen LogP contribution in [0.3, 0.4) is 0 Å². The van der Waals surface area contributed by atoms with Crippen LogP contribution in [-0.2, 0) is 20.7 Å². The molecular weight excluding hydrogens is 526 g/mol. The number of aromatic nitrogens is 4. The van der Waals surface area contributed by atoms with Gasteiger partial charge in [0.25, 0.3) is 0 Å². The van der Waals surface area contributed by atoms with Crippen molar-refractivity contribution < 1.29 is 23.8 Å². The van der Waals surface area contributed by atoms with Crippen molar-refractivity contribution in [2.75, 3.05) is 59.0 Å². The van der Waals surface area contributed by atoms with Crippen molar-refractivity contribution in [3.05, 3.63) is 54.2 Å². The summed E-state index contributed by atoms with van der Waals surface area (Å²) in [5.74, 6) is 2.50. The molecular formula is C29H39N7O5. The summed E-state index contributed by atoms with van der Waals surface area (Å²) < 4.78 is 17.5. The van der Waals surface area contributed by atoms with E-state index >= 15 is 0 Å². The Morgan fingerprint density at radius 2 is 1.88 bits per heavy atom. The van der Waals surface area contributed by atoms with Gasteiger partial charge in [0.2, 0.25) is 17.8 Å². The fraction of sp³-hybridized carbons (Fsp3) is 0.483. The molecule has 0 radical (unpaired) electrons. The van der Waals surface area contributed by atoms with Crippen LogP contribution >= 0.6 is 0 Å². The van der Waals surface area contributed by atoms with Crippen LogP contribution in [0.15, 0.2) is 43.0 Å². The largest absolute Gasteiger partial charge is 0.493 e. The van der Waals surface area contributed by atoms with Gasteiger partial charge in [-0.15, -0.1) is 0 Å². The Labute approximate surface area is 240 Å². The second kappa shape index (κ2) is 13.9. The first-order chi connectivity index (χ1) is 19.8. The molecule has 220 valence electrons. The van der Waals surface area contributed by atoms with Gasteiger partial charge < -0.3 is 29.3 Å². The number of rotatable bonds is 12. The molecule has 2 amide bonds. The van der Waals surface area contributed by atoms with Crippen LogP contribution < -0.4 is 19.7 Å². The molecule has 1 fully saturated rings. The highest BCUT2D eigenvalue weighted by atomic mass is 16.5. The number of nitrogens with zero attached hydrogens (tertiary/aromatic N) is 6. The molecule has 1 aromatic carbocycles. The van der Waals surface area contributed by atoms with Crippen LogP contribution in [0, 0.1) is 0 Å². The molecule has 2 aromatic heterocycles. The number of hydrogen-bond acceptors (Lipinski definition) is 9. The Morgan fingerprint density at radius 1 is 1.07 bits per heavy atom. The van der Waals surface area contributed by atoms with E-state index in [-0.39, 0.29) is 36.8 Å². The number of hydrogen-bond donors (Lipinski definition) is 1. The topological polar surface area (TPSA) is 124 Å². The number of carbonyl (C=O) groups excluding carboxylic acids is 2. The van der Waals surface area contributed by atoms with E-state index in [4.69, 9.17) is 24.2 Å². The Hall–Kier alpha value is -4.19. The normalized spacial score (nSPS) is 15.2. The highest BCUT2D eigenvalue weighted by Crippen LogP contribution is 2.28. The summed E-state index contributed by atoms with van der Waals surface area (Å²) >= 11 is 0. The van der Waals surface area contributed by atoms with E-state index in [1.165, 1.54) is 7.11 Å². The number of imidazole rings is 1. The standard InChI is InChI=1S/C29H39N7O5/c1-20(2)23-16-26(33-29(32-23)35-11-10-30-19-35)36-13-12-34(28(38)18-39-3)17-22(36)15-27(37)31-9-8-21-6-7-24(40-4)25(14-21)41-5/h6-7,10-11,14,16,19-20,22H,8-9,12-13,15,17-18H2,1-5H3,(H,31,37). The highest BCUT2D eigenvalue weighted by molar-refractivity contribution is 5.79. The number of nitrogens with one attached hydrogen (secondary N) is 1. The molecule has 12 heteroatoms. The summed E-state index contributed by atoms with van der Waals surface area (Å²) in [5, 5.41) is 3.04. The lowest BCUT2D eigenvalue weighted by molar-refractivity contribution is -0.136. The molecule has 1 saturated heterocycles. The van der Waals surface area contributed by atoms with Crippen molar-refractivity contribution in [1.82, 2.24) is 29.7 Å². The lowest BCUT2D eigenvalue weighted by atomic mass is 10.1. The SMILES string of the molecule is COCC(=O)N1CCN(c2cc(C(C)C)nc(-n3ccnc3)n2)C(CC(=O)NCCc2ccc(OC)c(OC)c2)C1. The van der Waals surface area contributed by atoms with Gasteiger partial charge in [-0.2, -0.15) is 4.98 Å². The summed E-state index contributed by atoms with van der Waals surface area (Å²) in [6.07, 6.45) is 5.98. The molecule has 1 N–H and O–H groups in total. The minimum Gasteiger partial charge on any atom is -0.493 e. The third kappa shape index (κ3) is 7.51. The van der Waals surface area contributed by atoms with Gasteiger partial charge in [0.15, 0.2) is 11.5 Å². The zero-order chi connectivity index (χ0) is 29.4. The third-order valence-electron chi connectivity index (χ3n) is 7.05. The minimum atomic E-state index is -0.281. The number of methoxy groups -OCH3 is 3. The average Bonchev–Trinajstić information content (AvgIpc) is 3.52. The van der Waals surface area contributed by atoms with Gasteiger partial charge >= 0.3 is 0 Å². The molecule has 0 saturated carbocycles. The van der Waals surface area contributed by atoms with Crippen molar-refractivity contribution in [3.63, 3.8) is 0 Å². The molecule has 1 unspecified atom stereocenters. The molecule has 4 rings (SSSR count). The molecule has 1 aliphatic heterocycles. The molecule has 0 bridgehead atoms. The lowest BCUT2D eigenvalue weighted by Gasteiger charge is -2.42. The van der Waals surface area contributed by atoms with Crippen LogP contribution in [0.1, 0.15) is 37.4 Å². The van der Waals surface area contributed by atoms with Gasteiger partial charge in [-0.25, -0.2) is 9.97 Å². The summed E-state index contributed by atoms with van der Waals surface area (Å²) in [6.45, 7) is 6.02. The van der Waals surface area contributed by atoms with Crippen molar-refractivity contribution in [2.45, 2.75) is 38.6 Å². The van der Waals surface area contributed by atoms with E-state index in [9.17, 15) is 9.59 Å². The first-order valence-electron chi connectivity index (χ1n) is 13.7.